The van der Waals surface area contributed by atoms with Gasteiger partial charge in [-0.2, -0.15) is 0 Å². The third-order valence-corrected chi connectivity index (χ3v) is 12.4. The molecule has 1 N–H and O–H groups in total. The first-order valence-electron chi connectivity index (χ1n) is 21.3. The predicted molar refractivity (Wildman–Crippen MR) is 253 cm³/mol. The van der Waals surface area contributed by atoms with Crippen LogP contribution >= 0.6 is 23.2 Å². The Kier molecular flexibility index (Phi) is 14.4. The van der Waals surface area contributed by atoms with E-state index in [1.54, 1.807) is 0 Å². The second-order valence-corrected chi connectivity index (χ2v) is 16.7. The van der Waals surface area contributed by atoms with E-state index in [-0.39, 0.29) is 11.9 Å². The first kappa shape index (κ1) is 42.2. The Morgan fingerprint density at radius 1 is 0.492 bits per heavy atom. The van der Waals surface area contributed by atoms with Crippen molar-refractivity contribution < 1.29 is 4.79 Å². The van der Waals surface area contributed by atoms with E-state index in [9.17, 15) is 4.79 Å². The Morgan fingerprint density at radius 3 is 1.51 bits per heavy atom. The fourth-order valence-corrected chi connectivity index (χ4v) is 8.95. The molecule has 2 unspecified atom stereocenters. The Hall–Kier alpha value is -5.53. The zero-order chi connectivity index (χ0) is 41.8. The second-order valence-electron chi connectivity index (χ2n) is 15.9. The van der Waals surface area contributed by atoms with Crippen molar-refractivity contribution >= 4 is 29.1 Å². The fraction of sp³-hybridized carbons (Fsp3) is 0.204. The van der Waals surface area contributed by atoms with Crippen molar-refractivity contribution in [2.24, 2.45) is 0 Å². The molecular formula is C54H52Cl2N4O. The van der Waals surface area contributed by atoms with E-state index in [0.29, 0.717) is 12.5 Å². The summed E-state index contributed by atoms with van der Waals surface area (Å²) in [5.41, 5.74) is 10.7. The van der Waals surface area contributed by atoms with E-state index in [4.69, 9.17) is 23.2 Å². The monoisotopic (exact) mass is 842 g/mol. The Morgan fingerprint density at radius 2 is 0.967 bits per heavy atom. The van der Waals surface area contributed by atoms with Crippen LogP contribution in [-0.2, 0) is 24.3 Å². The molecule has 5 nitrogen and oxygen atoms in total. The lowest BCUT2D eigenvalue weighted by Gasteiger charge is -2.42. The topological polar surface area (TPSA) is 38.8 Å². The Bertz CT molecular complexity index is 2450. The highest BCUT2D eigenvalue weighted by Crippen LogP contribution is 2.31. The quantitative estimate of drug-likeness (QED) is 0.149. The maximum atomic E-state index is 13.3. The summed E-state index contributed by atoms with van der Waals surface area (Å²) in [4.78, 5) is 20.4. The van der Waals surface area contributed by atoms with Crippen LogP contribution in [-0.4, -0.2) is 59.9 Å². The van der Waals surface area contributed by atoms with Crippen LogP contribution in [0.3, 0.4) is 0 Å². The third kappa shape index (κ3) is 11.2. The van der Waals surface area contributed by atoms with Crippen molar-refractivity contribution in [1.29, 1.82) is 0 Å². The van der Waals surface area contributed by atoms with Gasteiger partial charge >= 0.3 is 0 Å². The number of hydrogen-bond donors (Lipinski definition) is 1. The van der Waals surface area contributed by atoms with Gasteiger partial charge < -0.3 is 10.2 Å². The number of nitrogens with zero attached hydrogens (tertiary/aromatic N) is 3. The molecule has 2 aliphatic heterocycles. The van der Waals surface area contributed by atoms with Crippen molar-refractivity contribution in [3.05, 3.63) is 226 Å². The highest BCUT2D eigenvalue weighted by Gasteiger charge is 2.31. The molecule has 308 valence electrons. The molecular weight excluding hydrogens is 792 g/mol. The molecule has 2 saturated heterocycles. The van der Waals surface area contributed by atoms with Crippen LogP contribution in [0.5, 0.6) is 0 Å². The van der Waals surface area contributed by atoms with Crippen LogP contribution in [0, 0.1) is 0 Å². The second kappa shape index (κ2) is 20.8. The number of amides is 1. The minimum atomic E-state index is 0.0450. The largest absolute Gasteiger partial charge is 0.333 e. The highest BCUT2D eigenvalue weighted by molar-refractivity contribution is 6.33. The van der Waals surface area contributed by atoms with Crippen LogP contribution in [0.25, 0.3) is 22.3 Å². The summed E-state index contributed by atoms with van der Waals surface area (Å²) in [7, 11) is 0. The van der Waals surface area contributed by atoms with Gasteiger partial charge in [-0.05, 0) is 51.1 Å². The Balaban J connectivity index is 0.000000176. The molecule has 0 bridgehead atoms. The van der Waals surface area contributed by atoms with E-state index in [0.717, 1.165) is 84.7 Å². The van der Waals surface area contributed by atoms with Gasteiger partial charge in [0.2, 0.25) is 5.91 Å². The normalized spacial score (nSPS) is 17.0. The van der Waals surface area contributed by atoms with Gasteiger partial charge in [0.1, 0.15) is 0 Å². The molecule has 61 heavy (non-hydrogen) atoms. The summed E-state index contributed by atoms with van der Waals surface area (Å²) in [6.45, 7) is 7.37. The number of nitrogens with one attached hydrogen (secondary N) is 1. The maximum absolute atomic E-state index is 13.3. The molecule has 0 aliphatic carbocycles. The third-order valence-electron chi connectivity index (χ3n) is 11.7. The Labute approximate surface area is 371 Å². The van der Waals surface area contributed by atoms with Crippen LogP contribution in [0.2, 0.25) is 10.0 Å². The van der Waals surface area contributed by atoms with Gasteiger partial charge in [-0.25, -0.2) is 0 Å². The summed E-state index contributed by atoms with van der Waals surface area (Å²) >= 11 is 12.7. The van der Waals surface area contributed by atoms with Crippen LogP contribution in [0.1, 0.15) is 39.9 Å². The number of piperazine rings is 2. The smallest absolute Gasteiger partial charge is 0.227 e. The molecule has 9 rings (SSSR count). The van der Waals surface area contributed by atoms with Crippen LogP contribution in [0.15, 0.2) is 188 Å². The minimum absolute atomic E-state index is 0.0450. The molecule has 0 spiro atoms. The first-order chi connectivity index (χ1) is 30.0. The molecule has 0 saturated carbocycles. The zero-order valence-electron chi connectivity index (χ0n) is 34.4. The van der Waals surface area contributed by atoms with Crippen molar-refractivity contribution in [2.45, 2.75) is 31.6 Å². The number of rotatable bonds is 10. The maximum Gasteiger partial charge on any atom is 0.227 e. The fourth-order valence-electron chi connectivity index (χ4n) is 8.46. The van der Waals surface area contributed by atoms with Crippen molar-refractivity contribution in [1.82, 2.24) is 20.0 Å². The first-order valence-corrected chi connectivity index (χ1v) is 22.0. The van der Waals surface area contributed by atoms with E-state index in [1.165, 1.54) is 27.8 Å². The molecule has 0 aromatic heterocycles. The van der Waals surface area contributed by atoms with E-state index in [1.807, 2.05) is 78.9 Å². The summed E-state index contributed by atoms with van der Waals surface area (Å²) in [5.74, 6) is 0.189. The summed E-state index contributed by atoms with van der Waals surface area (Å²) in [5, 5.41) is 5.20. The highest BCUT2D eigenvalue weighted by atomic mass is 35.5. The molecule has 1 amide bonds. The molecule has 2 aliphatic rings. The molecule has 7 aromatic carbocycles. The summed E-state index contributed by atoms with van der Waals surface area (Å²) in [6, 6.07) is 65.0. The number of halogens is 2. The van der Waals surface area contributed by atoms with Crippen molar-refractivity contribution in [2.75, 3.05) is 39.3 Å². The SMILES string of the molecule is Clc1ccccc1-c1ccc(CN2CCNC(c3ccccc3)C2)cc1.O=C(Cc1ccccc1)N1CCN(Cc2ccc(-c3ccccc3Cl)cc2)CC1c1ccccc1. The van der Waals surface area contributed by atoms with E-state index < -0.39 is 0 Å². The van der Waals surface area contributed by atoms with Crippen LogP contribution in [0.4, 0.5) is 0 Å². The van der Waals surface area contributed by atoms with Gasteiger partial charge in [-0.1, -0.05) is 199 Å². The summed E-state index contributed by atoms with van der Waals surface area (Å²) in [6.07, 6.45) is 0.438. The number of hydrogen-bond acceptors (Lipinski definition) is 4. The lowest BCUT2D eigenvalue weighted by atomic mass is 10.00. The minimum Gasteiger partial charge on any atom is -0.333 e. The number of carbonyl (C=O) groups excluding carboxylic acids is 1. The standard InChI is InChI=1S/C31H29ClN2O.C23H23ClN2/c32-29-14-8-7-13-28(29)26-17-15-25(16-18-26)22-33-19-20-34(30(23-33)27-11-5-2-6-12-27)31(35)21-24-9-3-1-4-10-24;24-22-9-5-4-8-21(22)19-12-10-18(11-13-19)16-26-15-14-25-23(17-26)20-6-2-1-3-7-20/h1-18,30H,19-23H2;1-13,23,25H,14-17H2. The number of carbonyl (C=O) groups is 1. The molecule has 7 heteroatoms. The van der Waals surface area contributed by atoms with E-state index >= 15 is 0 Å². The lowest BCUT2D eigenvalue weighted by Crippen LogP contribution is -2.50. The molecule has 2 atom stereocenters. The molecule has 2 fully saturated rings. The van der Waals surface area contributed by atoms with Crippen LogP contribution < -0.4 is 5.32 Å². The molecule has 7 aromatic rings. The average molecular weight is 844 g/mol. The average Bonchev–Trinajstić information content (AvgIpc) is 3.31. The van der Waals surface area contributed by atoms with Gasteiger partial charge in [-0.15, -0.1) is 0 Å². The zero-order valence-corrected chi connectivity index (χ0v) is 35.9. The van der Waals surface area contributed by atoms with Gasteiger partial charge in [0.15, 0.2) is 0 Å². The summed E-state index contributed by atoms with van der Waals surface area (Å²) < 4.78 is 0. The van der Waals surface area contributed by atoms with E-state index in [2.05, 4.69) is 129 Å². The van der Waals surface area contributed by atoms with Gasteiger partial charge in [0.05, 0.1) is 12.5 Å². The molecule has 0 radical (unpaired) electrons. The predicted octanol–water partition coefficient (Wildman–Crippen LogP) is 11.8. The number of benzene rings is 7. The van der Waals surface area contributed by atoms with Gasteiger partial charge in [0.25, 0.3) is 0 Å². The van der Waals surface area contributed by atoms with Crippen molar-refractivity contribution in [3.8, 4) is 22.3 Å². The van der Waals surface area contributed by atoms with Gasteiger partial charge in [0, 0.05) is 79.6 Å². The van der Waals surface area contributed by atoms with Gasteiger partial charge in [-0.3, -0.25) is 14.6 Å². The lowest BCUT2D eigenvalue weighted by molar-refractivity contribution is -0.135. The van der Waals surface area contributed by atoms with Crippen molar-refractivity contribution in [3.63, 3.8) is 0 Å². The molecule has 2 heterocycles.